The lowest BCUT2D eigenvalue weighted by Gasteiger charge is -2.03. The van der Waals surface area contributed by atoms with E-state index in [4.69, 9.17) is 4.74 Å². The molecule has 1 aromatic carbocycles. The summed E-state index contributed by atoms with van der Waals surface area (Å²) < 4.78 is 5.51. The minimum atomic E-state index is -0.313. The van der Waals surface area contributed by atoms with Crippen LogP contribution in [0.3, 0.4) is 0 Å². The van der Waals surface area contributed by atoms with Crippen molar-refractivity contribution >= 4 is 12.1 Å². The van der Waals surface area contributed by atoms with Crippen LogP contribution in [0.4, 0.5) is 0 Å². The fraction of sp³-hybridized carbons (Fsp3) is 0.353. The maximum Gasteiger partial charge on any atom is 0.291 e. The lowest BCUT2D eigenvalue weighted by Crippen LogP contribution is -2.18. The normalized spacial score (nSPS) is 14.1. The van der Waals surface area contributed by atoms with Gasteiger partial charge in [-0.1, -0.05) is 6.92 Å². The minimum absolute atomic E-state index is 0.313. The van der Waals surface area contributed by atoms with Gasteiger partial charge in [-0.15, -0.1) is 0 Å². The van der Waals surface area contributed by atoms with Gasteiger partial charge in [-0.2, -0.15) is 10.2 Å². The van der Waals surface area contributed by atoms with E-state index in [9.17, 15) is 4.79 Å². The van der Waals surface area contributed by atoms with Crippen molar-refractivity contribution in [2.24, 2.45) is 5.10 Å². The number of ether oxygens (including phenoxy) is 1. The summed E-state index contributed by atoms with van der Waals surface area (Å²) in [5.41, 5.74) is 4.77. The van der Waals surface area contributed by atoms with Gasteiger partial charge in [0, 0.05) is 11.6 Å². The predicted octanol–water partition coefficient (Wildman–Crippen LogP) is 2.84. The molecule has 1 fully saturated rings. The summed E-state index contributed by atoms with van der Waals surface area (Å²) in [7, 11) is 0. The molecule has 23 heavy (non-hydrogen) atoms. The number of carbonyl (C=O) groups is 1. The molecular formula is C17H20N4O2. The van der Waals surface area contributed by atoms with Crippen molar-refractivity contribution in [1.82, 2.24) is 15.6 Å². The highest BCUT2D eigenvalue weighted by atomic mass is 16.5. The summed E-state index contributed by atoms with van der Waals surface area (Å²) in [5, 5.41) is 10.9. The van der Waals surface area contributed by atoms with Crippen molar-refractivity contribution in [2.75, 3.05) is 6.61 Å². The first kappa shape index (κ1) is 15.3. The van der Waals surface area contributed by atoms with Crippen molar-refractivity contribution in [3.8, 4) is 5.75 Å². The van der Waals surface area contributed by atoms with Gasteiger partial charge >= 0.3 is 0 Å². The fourth-order valence-electron chi connectivity index (χ4n) is 2.15. The van der Waals surface area contributed by atoms with Gasteiger partial charge in [-0.3, -0.25) is 9.89 Å². The summed E-state index contributed by atoms with van der Waals surface area (Å²) in [6, 6.07) is 9.34. The monoisotopic (exact) mass is 312 g/mol. The Morgan fingerprint density at radius 2 is 2.22 bits per heavy atom. The number of rotatable bonds is 7. The lowest BCUT2D eigenvalue weighted by molar-refractivity contribution is 0.0950. The van der Waals surface area contributed by atoms with Crippen LogP contribution in [0.5, 0.6) is 5.75 Å². The molecule has 0 bridgehead atoms. The van der Waals surface area contributed by atoms with Gasteiger partial charge in [0.05, 0.1) is 12.8 Å². The third-order valence-corrected chi connectivity index (χ3v) is 3.58. The van der Waals surface area contributed by atoms with Gasteiger partial charge in [-0.25, -0.2) is 5.43 Å². The molecule has 0 radical (unpaired) electrons. The van der Waals surface area contributed by atoms with E-state index in [1.165, 1.54) is 12.8 Å². The van der Waals surface area contributed by atoms with Crippen LogP contribution in [-0.4, -0.2) is 28.9 Å². The van der Waals surface area contributed by atoms with E-state index < -0.39 is 0 Å². The van der Waals surface area contributed by atoms with Crippen LogP contribution in [0, 0.1) is 0 Å². The summed E-state index contributed by atoms with van der Waals surface area (Å²) >= 11 is 0. The van der Waals surface area contributed by atoms with Crippen molar-refractivity contribution in [3.63, 3.8) is 0 Å². The van der Waals surface area contributed by atoms with Gasteiger partial charge in [0.15, 0.2) is 5.69 Å². The Labute approximate surface area is 134 Å². The van der Waals surface area contributed by atoms with Crippen molar-refractivity contribution in [2.45, 2.75) is 32.1 Å². The van der Waals surface area contributed by atoms with Gasteiger partial charge < -0.3 is 4.74 Å². The zero-order valence-electron chi connectivity index (χ0n) is 13.1. The highest BCUT2D eigenvalue weighted by Crippen LogP contribution is 2.38. The van der Waals surface area contributed by atoms with E-state index in [0.29, 0.717) is 18.2 Å². The maximum absolute atomic E-state index is 11.9. The molecule has 1 aliphatic carbocycles. The highest BCUT2D eigenvalue weighted by Gasteiger charge is 2.26. The van der Waals surface area contributed by atoms with Crippen LogP contribution >= 0.6 is 0 Å². The Morgan fingerprint density at radius 3 is 2.91 bits per heavy atom. The second-order valence-corrected chi connectivity index (χ2v) is 5.60. The van der Waals surface area contributed by atoms with E-state index in [2.05, 4.69) is 27.6 Å². The number of amides is 1. The van der Waals surface area contributed by atoms with E-state index in [1.54, 1.807) is 12.3 Å². The van der Waals surface area contributed by atoms with E-state index >= 15 is 0 Å². The molecular weight excluding hydrogens is 292 g/mol. The first-order chi connectivity index (χ1) is 11.3. The van der Waals surface area contributed by atoms with Gasteiger partial charge in [-0.05, 0) is 55.2 Å². The topological polar surface area (TPSA) is 79.4 Å². The molecule has 1 aliphatic rings. The predicted molar refractivity (Wildman–Crippen MR) is 87.9 cm³/mol. The Hall–Kier alpha value is -2.63. The Kier molecular flexibility index (Phi) is 4.71. The van der Waals surface area contributed by atoms with E-state index in [-0.39, 0.29) is 5.91 Å². The Balaban J connectivity index is 1.52. The molecule has 1 heterocycles. The van der Waals surface area contributed by atoms with Crippen LogP contribution in [0.15, 0.2) is 35.4 Å². The quantitative estimate of drug-likeness (QED) is 0.609. The van der Waals surface area contributed by atoms with E-state index in [1.807, 2.05) is 24.3 Å². The molecule has 6 nitrogen and oxygen atoms in total. The molecule has 1 amide bonds. The average Bonchev–Trinajstić information content (AvgIpc) is 3.31. The Morgan fingerprint density at radius 1 is 1.43 bits per heavy atom. The molecule has 120 valence electrons. The van der Waals surface area contributed by atoms with Gasteiger partial charge in [0.25, 0.3) is 5.91 Å². The number of hydrogen-bond acceptors (Lipinski definition) is 4. The van der Waals surface area contributed by atoms with Crippen molar-refractivity contribution < 1.29 is 9.53 Å². The van der Waals surface area contributed by atoms with Gasteiger partial charge in [0.1, 0.15) is 5.75 Å². The summed E-state index contributed by atoms with van der Waals surface area (Å²) in [4.78, 5) is 11.9. The number of H-pyrrole nitrogens is 1. The third kappa shape index (κ3) is 4.18. The van der Waals surface area contributed by atoms with Gasteiger partial charge in [0.2, 0.25) is 0 Å². The van der Waals surface area contributed by atoms with Crippen LogP contribution in [0.25, 0.3) is 0 Å². The molecule has 0 spiro atoms. The van der Waals surface area contributed by atoms with Crippen LogP contribution in [0.1, 0.15) is 53.8 Å². The summed E-state index contributed by atoms with van der Waals surface area (Å²) in [5.74, 6) is 1.06. The number of aromatic nitrogens is 2. The number of benzene rings is 1. The van der Waals surface area contributed by atoms with Crippen molar-refractivity contribution in [3.05, 3.63) is 47.3 Å². The molecule has 3 rings (SSSR count). The zero-order chi connectivity index (χ0) is 16.1. The first-order valence-corrected chi connectivity index (χ1v) is 7.88. The maximum atomic E-state index is 11.9. The summed E-state index contributed by atoms with van der Waals surface area (Å²) in [6.45, 7) is 2.77. The first-order valence-electron chi connectivity index (χ1n) is 7.88. The lowest BCUT2D eigenvalue weighted by atomic mass is 10.2. The molecule has 1 saturated carbocycles. The van der Waals surface area contributed by atoms with Crippen LogP contribution in [0.2, 0.25) is 0 Å². The molecule has 0 saturated heterocycles. The van der Waals surface area contributed by atoms with E-state index in [0.717, 1.165) is 23.4 Å². The smallest absolute Gasteiger partial charge is 0.291 e. The van der Waals surface area contributed by atoms with Crippen LogP contribution in [-0.2, 0) is 0 Å². The number of nitrogens with zero attached hydrogens (tertiary/aromatic N) is 2. The minimum Gasteiger partial charge on any atom is -0.494 e. The number of hydrazone groups is 1. The van der Waals surface area contributed by atoms with Crippen molar-refractivity contribution in [1.29, 1.82) is 0 Å². The molecule has 0 unspecified atom stereocenters. The summed E-state index contributed by atoms with van der Waals surface area (Å²) in [6.07, 6.45) is 4.90. The van der Waals surface area contributed by atoms with Crippen LogP contribution < -0.4 is 10.2 Å². The molecule has 2 N–H and O–H groups in total. The highest BCUT2D eigenvalue weighted by molar-refractivity contribution is 5.93. The second kappa shape index (κ2) is 7.09. The number of nitrogens with one attached hydrogen (secondary N) is 2. The Bertz CT molecular complexity index is 687. The molecule has 6 heteroatoms. The average molecular weight is 312 g/mol. The second-order valence-electron chi connectivity index (χ2n) is 5.60. The zero-order valence-corrected chi connectivity index (χ0v) is 13.1. The molecule has 0 aliphatic heterocycles. The number of carbonyl (C=O) groups excluding carboxylic acids is 1. The standard InChI is InChI=1S/C17H20N4O2/c1-2-9-23-14-7-3-12(4-8-14)11-18-21-17(22)16-10-15(19-20-16)13-5-6-13/h3-4,7-8,10-11,13H,2,5-6,9H2,1H3,(H,19,20)(H,21,22)/b18-11+. The fourth-order valence-corrected chi connectivity index (χ4v) is 2.15. The largest absolute Gasteiger partial charge is 0.494 e. The third-order valence-electron chi connectivity index (χ3n) is 3.58. The molecule has 0 atom stereocenters. The SMILES string of the molecule is CCCOc1ccc(/C=N/NC(=O)c2cc(C3CC3)[nH]n2)cc1. The molecule has 2 aromatic rings. The number of hydrogen-bond donors (Lipinski definition) is 2. The molecule has 1 aromatic heterocycles. The number of aromatic amines is 1.